The summed E-state index contributed by atoms with van der Waals surface area (Å²) in [4.78, 5) is 35.3. The quantitative estimate of drug-likeness (QED) is 0.731. The molecule has 0 aliphatic heterocycles. The van der Waals surface area contributed by atoms with Gasteiger partial charge in [0.15, 0.2) is 0 Å². The molecule has 22 heavy (non-hydrogen) atoms. The topological polar surface area (TPSA) is 81.7 Å². The lowest BCUT2D eigenvalue weighted by molar-refractivity contribution is -0.153. The number of hydrogen-bond acceptors (Lipinski definition) is 5. The molecule has 0 aliphatic rings. The fourth-order valence-electron chi connectivity index (χ4n) is 1.85. The second-order valence-electron chi connectivity index (χ2n) is 4.54. The van der Waals surface area contributed by atoms with E-state index in [0.29, 0.717) is 0 Å². The van der Waals surface area contributed by atoms with Gasteiger partial charge in [0.05, 0.1) is 26.1 Å². The lowest BCUT2D eigenvalue weighted by Crippen LogP contribution is -2.44. The van der Waals surface area contributed by atoms with Crippen LogP contribution in [0.15, 0.2) is 30.3 Å². The van der Waals surface area contributed by atoms with E-state index in [4.69, 9.17) is 9.47 Å². The van der Waals surface area contributed by atoms with Crippen LogP contribution in [0.5, 0.6) is 0 Å². The van der Waals surface area contributed by atoms with Gasteiger partial charge in [-0.15, -0.1) is 0 Å². The van der Waals surface area contributed by atoms with Crippen LogP contribution in [0.1, 0.15) is 25.8 Å². The van der Waals surface area contributed by atoms with Crippen molar-refractivity contribution < 1.29 is 23.9 Å². The third kappa shape index (κ3) is 6.39. The van der Waals surface area contributed by atoms with Crippen LogP contribution in [0, 0.1) is 0 Å². The molecule has 6 nitrogen and oxygen atoms in total. The summed E-state index contributed by atoms with van der Waals surface area (Å²) >= 11 is 0. The van der Waals surface area contributed by atoms with E-state index < -0.39 is 18.0 Å². The van der Waals surface area contributed by atoms with E-state index in [1.54, 1.807) is 13.8 Å². The summed E-state index contributed by atoms with van der Waals surface area (Å²) in [7, 11) is 0. The Morgan fingerprint density at radius 3 is 2.27 bits per heavy atom. The molecule has 0 unspecified atom stereocenters. The molecule has 0 fully saturated rings. The van der Waals surface area contributed by atoms with Crippen LogP contribution < -0.4 is 5.32 Å². The van der Waals surface area contributed by atoms with Crippen molar-refractivity contribution in [3.63, 3.8) is 0 Å². The van der Waals surface area contributed by atoms with Gasteiger partial charge in [0, 0.05) is 0 Å². The van der Waals surface area contributed by atoms with Crippen molar-refractivity contribution in [3.8, 4) is 0 Å². The highest BCUT2D eigenvalue weighted by Gasteiger charge is 2.25. The predicted molar refractivity (Wildman–Crippen MR) is 80.0 cm³/mol. The summed E-state index contributed by atoms with van der Waals surface area (Å²) in [6.07, 6.45) is -0.118. The molecule has 1 aromatic rings. The molecule has 0 saturated heterocycles. The fraction of sp³-hybridized carbons (Fsp3) is 0.438. The Hall–Kier alpha value is -2.37. The maximum absolute atomic E-state index is 12.0. The first-order chi connectivity index (χ1) is 10.6. The van der Waals surface area contributed by atoms with E-state index in [1.807, 2.05) is 30.3 Å². The van der Waals surface area contributed by atoms with Crippen molar-refractivity contribution in [2.75, 3.05) is 13.2 Å². The van der Waals surface area contributed by atoms with Gasteiger partial charge in [0.1, 0.15) is 6.04 Å². The van der Waals surface area contributed by atoms with Crippen LogP contribution in [0.3, 0.4) is 0 Å². The Kier molecular flexibility index (Phi) is 7.67. The van der Waals surface area contributed by atoms with Crippen molar-refractivity contribution in [1.29, 1.82) is 0 Å². The zero-order valence-electron chi connectivity index (χ0n) is 12.8. The van der Waals surface area contributed by atoms with Gasteiger partial charge in [-0.2, -0.15) is 0 Å². The van der Waals surface area contributed by atoms with Crippen LogP contribution in [0.2, 0.25) is 0 Å². The van der Waals surface area contributed by atoms with Crippen LogP contribution >= 0.6 is 0 Å². The van der Waals surface area contributed by atoms with Gasteiger partial charge in [0.2, 0.25) is 5.91 Å². The first-order valence-corrected chi connectivity index (χ1v) is 7.22. The molecular formula is C16H21NO5. The Morgan fingerprint density at radius 1 is 1.05 bits per heavy atom. The molecule has 6 heteroatoms. The Morgan fingerprint density at radius 2 is 1.68 bits per heavy atom. The van der Waals surface area contributed by atoms with E-state index in [2.05, 4.69) is 5.32 Å². The van der Waals surface area contributed by atoms with Gasteiger partial charge in [-0.1, -0.05) is 30.3 Å². The number of esters is 2. The molecule has 1 N–H and O–H groups in total. The third-order valence-electron chi connectivity index (χ3n) is 2.79. The predicted octanol–water partition coefficient (Wildman–Crippen LogP) is 1.23. The first kappa shape index (κ1) is 17.7. The number of carbonyl (C=O) groups excluding carboxylic acids is 3. The van der Waals surface area contributed by atoms with E-state index >= 15 is 0 Å². The van der Waals surface area contributed by atoms with Gasteiger partial charge in [0.25, 0.3) is 0 Å². The highest BCUT2D eigenvalue weighted by molar-refractivity contribution is 5.88. The summed E-state index contributed by atoms with van der Waals surface area (Å²) in [5, 5.41) is 2.53. The summed E-state index contributed by atoms with van der Waals surface area (Å²) in [6, 6.07) is 8.09. The Bertz CT molecular complexity index is 501. The van der Waals surface area contributed by atoms with Crippen LogP contribution in [-0.2, 0) is 30.3 Å². The number of rotatable bonds is 8. The molecule has 1 amide bonds. The minimum absolute atomic E-state index is 0.125. The summed E-state index contributed by atoms with van der Waals surface area (Å²) in [6.45, 7) is 3.72. The van der Waals surface area contributed by atoms with Gasteiger partial charge in [-0.25, -0.2) is 4.79 Å². The molecule has 0 heterocycles. The van der Waals surface area contributed by atoms with Crippen molar-refractivity contribution in [2.24, 2.45) is 0 Å². The number of hydrogen-bond donors (Lipinski definition) is 1. The SMILES string of the molecule is CCOC(=O)C[C@@H](NC(=O)Cc1ccccc1)C(=O)OCC. The third-order valence-corrected chi connectivity index (χ3v) is 2.79. The van der Waals surface area contributed by atoms with E-state index in [0.717, 1.165) is 5.56 Å². The lowest BCUT2D eigenvalue weighted by Gasteiger charge is -2.16. The molecule has 0 radical (unpaired) electrons. The van der Waals surface area contributed by atoms with Crippen molar-refractivity contribution in [2.45, 2.75) is 32.7 Å². The fourth-order valence-corrected chi connectivity index (χ4v) is 1.85. The van der Waals surface area contributed by atoms with Gasteiger partial charge < -0.3 is 14.8 Å². The molecule has 1 aromatic carbocycles. The van der Waals surface area contributed by atoms with Crippen molar-refractivity contribution >= 4 is 17.8 Å². The normalized spacial score (nSPS) is 11.4. The lowest BCUT2D eigenvalue weighted by atomic mass is 10.1. The maximum Gasteiger partial charge on any atom is 0.329 e. The van der Waals surface area contributed by atoms with E-state index in [-0.39, 0.29) is 32.0 Å². The summed E-state index contributed by atoms with van der Waals surface area (Å²) < 4.78 is 9.68. The smallest absolute Gasteiger partial charge is 0.329 e. The van der Waals surface area contributed by atoms with Crippen molar-refractivity contribution in [1.82, 2.24) is 5.32 Å². The largest absolute Gasteiger partial charge is 0.466 e. The van der Waals surface area contributed by atoms with E-state index in [1.165, 1.54) is 0 Å². The first-order valence-electron chi connectivity index (χ1n) is 7.22. The monoisotopic (exact) mass is 307 g/mol. The molecule has 1 rings (SSSR count). The highest BCUT2D eigenvalue weighted by atomic mass is 16.5. The Labute approximate surface area is 129 Å². The minimum atomic E-state index is -1.03. The van der Waals surface area contributed by atoms with Crippen LogP contribution in [0.25, 0.3) is 0 Å². The van der Waals surface area contributed by atoms with Crippen LogP contribution in [-0.4, -0.2) is 37.1 Å². The molecule has 120 valence electrons. The molecular weight excluding hydrogens is 286 g/mol. The van der Waals surface area contributed by atoms with E-state index in [9.17, 15) is 14.4 Å². The number of nitrogens with one attached hydrogen (secondary N) is 1. The van der Waals surface area contributed by atoms with Crippen molar-refractivity contribution in [3.05, 3.63) is 35.9 Å². The number of amides is 1. The number of carbonyl (C=O) groups is 3. The van der Waals surface area contributed by atoms with Gasteiger partial charge >= 0.3 is 11.9 Å². The highest BCUT2D eigenvalue weighted by Crippen LogP contribution is 2.03. The molecule has 0 aromatic heterocycles. The molecule has 0 spiro atoms. The second-order valence-corrected chi connectivity index (χ2v) is 4.54. The zero-order valence-corrected chi connectivity index (χ0v) is 12.8. The standard InChI is InChI=1S/C16H21NO5/c1-3-21-15(19)11-13(16(20)22-4-2)17-14(18)10-12-8-6-5-7-9-12/h5-9,13H,3-4,10-11H2,1-2H3,(H,17,18)/t13-/m1/s1. The summed E-state index contributed by atoms with van der Waals surface area (Å²) in [5.74, 6) is -1.55. The van der Waals surface area contributed by atoms with Crippen LogP contribution in [0.4, 0.5) is 0 Å². The number of ether oxygens (including phenoxy) is 2. The average Bonchev–Trinajstić information content (AvgIpc) is 2.48. The molecule has 0 saturated carbocycles. The molecule has 0 aliphatic carbocycles. The van der Waals surface area contributed by atoms with Gasteiger partial charge in [-0.05, 0) is 19.4 Å². The summed E-state index contributed by atoms with van der Waals surface area (Å²) in [5.41, 5.74) is 0.818. The maximum atomic E-state index is 12.0. The Balaban J connectivity index is 2.64. The molecule has 0 bridgehead atoms. The minimum Gasteiger partial charge on any atom is -0.466 e. The number of benzene rings is 1. The average molecular weight is 307 g/mol. The zero-order chi connectivity index (χ0) is 16.4. The van der Waals surface area contributed by atoms with Gasteiger partial charge in [-0.3, -0.25) is 9.59 Å². The second kappa shape index (κ2) is 9.55. The molecule has 1 atom stereocenters.